The molecule has 0 amide bonds. The van der Waals surface area contributed by atoms with Gasteiger partial charge < -0.3 is 5.11 Å². The Morgan fingerprint density at radius 2 is 1.93 bits per heavy atom. The third-order valence-electron chi connectivity index (χ3n) is 9.04. The second-order valence-corrected chi connectivity index (χ2v) is 10.7. The van der Waals surface area contributed by atoms with Crippen LogP contribution in [0.5, 0.6) is 0 Å². The lowest BCUT2D eigenvalue weighted by Crippen LogP contribution is -2.51. The predicted octanol–water partition coefficient (Wildman–Crippen LogP) is 6.16. The number of carboxylic acid groups (broad SMARTS) is 1. The summed E-state index contributed by atoms with van der Waals surface area (Å²) in [5.41, 5.74) is 1.72. The first-order valence-corrected chi connectivity index (χ1v) is 11.3. The molecule has 0 bridgehead atoms. The third kappa shape index (κ3) is 3.79. The molecule has 4 nitrogen and oxygen atoms in total. The minimum Gasteiger partial charge on any atom is -0.481 e. The fourth-order valence-corrected chi connectivity index (χ4v) is 6.30. The van der Waals surface area contributed by atoms with E-state index >= 15 is 0 Å². The molecule has 0 aromatic rings. The van der Waals surface area contributed by atoms with E-state index in [0.717, 1.165) is 25.7 Å². The van der Waals surface area contributed by atoms with Gasteiger partial charge in [0.15, 0.2) is 0 Å². The van der Waals surface area contributed by atoms with E-state index in [0.29, 0.717) is 11.8 Å². The molecule has 0 aromatic heterocycles. The molecule has 0 aromatic carbocycles. The molecule has 0 spiro atoms. The van der Waals surface area contributed by atoms with Crippen LogP contribution in [0.2, 0.25) is 0 Å². The van der Waals surface area contributed by atoms with Crippen LogP contribution < -0.4 is 0 Å². The lowest BCUT2D eigenvalue weighted by atomic mass is 9.46. The zero-order valence-corrected chi connectivity index (χ0v) is 18.6. The highest BCUT2D eigenvalue weighted by Gasteiger charge is 2.54. The fourth-order valence-electron chi connectivity index (χ4n) is 6.30. The predicted molar refractivity (Wildman–Crippen MR) is 111 cm³/mol. The third-order valence-corrected chi connectivity index (χ3v) is 9.04. The summed E-state index contributed by atoms with van der Waals surface area (Å²) in [4.78, 5) is 22.6. The van der Waals surface area contributed by atoms with E-state index in [2.05, 4.69) is 34.3 Å². The number of aliphatic carboxylic acids is 1. The summed E-state index contributed by atoms with van der Waals surface area (Å²) >= 11 is 0. The average molecular weight is 393 g/mol. The van der Waals surface area contributed by atoms with E-state index in [9.17, 15) is 9.90 Å². The van der Waals surface area contributed by atoms with Crippen LogP contribution in [0, 0.1) is 28.6 Å². The van der Waals surface area contributed by atoms with Gasteiger partial charge in [0.25, 0.3) is 0 Å². The summed E-state index contributed by atoms with van der Waals surface area (Å²) in [6.45, 7) is 15.7. The van der Waals surface area contributed by atoms with Gasteiger partial charge in [0.05, 0.1) is 5.92 Å². The van der Waals surface area contributed by atoms with Crippen molar-refractivity contribution in [2.75, 3.05) is 0 Å². The van der Waals surface area contributed by atoms with Crippen LogP contribution in [-0.2, 0) is 14.6 Å². The minimum absolute atomic E-state index is 0.284. The van der Waals surface area contributed by atoms with Gasteiger partial charge in [0.2, 0.25) is 0 Å². The molecule has 0 unspecified atom stereocenters. The van der Waals surface area contributed by atoms with Crippen LogP contribution in [-0.4, -0.2) is 22.8 Å². The molecule has 1 aliphatic heterocycles. The monoisotopic (exact) mass is 392 g/mol. The second kappa shape index (κ2) is 7.75. The number of fused-ring (bicyclic) bond motifs is 1. The Balaban J connectivity index is 1.67. The first-order valence-electron chi connectivity index (χ1n) is 11.3. The topological polar surface area (TPSA) is 55.8 Å². The average Bonchev–Trinajstić information content (AvgIpc) is 2.66. The summed E-state index contributed by atoms with van der Waals surface area (Å²) in [6.07, 6.45) is 9.66. The number of hydrogen-bond donors (Lipinski definition) is 1. The molecule has 3 aliphatic rings. The Hall–Kier alpha value is -0.870. The smallest absolute Gasteiger partial charge is 0.308 e. The van der Waals surface area contributed by atoms with E-state index in [1.807, 2.05) is 0 Å². The first-order chi connectivity index (χ1) is 13.0. The van der Waals surface area contributed by atoms with Crippen molar-refractivity contribution in [1.82, 2.24) is 0 Å². The number of hydrogen-bond acceptors (Lipinski definition) is 3. The van der Waals surface area contributed by atoms with Crippen molar-refractivity contribution in [3.8, 4) is 0 Å². The molecule has 1 heterocycles. The molecule has 160 valence electrons. The molecule has 4 heteroatoms. The maximum absolute atomic E-state index is 11.2. The Labute approximate surface area is 171 Å². The summed E-state index contributed by atoms with van der Waals surface area (Å²) in [6, 6.07) is 0. The SMILES string of the molecule is C=C1CCC[C@@H]2[C@@](C)(CC[C@]3(C)CC[C@H]([C@@H](C)C(=O)O)OO3)[C@H](C)CC[C@@]12C. The van der Waals surface area contributed by atoms with E-state index in [1.54, 1.807) is 6.92 Å². The number of rotatable bonds is 5. The van der Waals surface area contributed by atoms with Gasteiger partial charge in [-0.05, 0) is 94.3 Å². The van der Waals surface area contributed by atoms with Crippen LogP contribution in [0.15, 0.2) is 12.2 Å². The highest BCUT2D eigenvalue weighted by molar-refractivity contribution is 5.70. The molecule has 2 saturated carbocycles. The standard InChI is InChI=1S/C24H40O4/c1-16-8-7-9-20-23(16,5)13-10-17(2)24(20,6)15-14-22(4)12-11-19(27-28-22)18(3)21(25)26/h17-20H,1,7-15H2,2-6H3,(H,25,26)/t17-,18-,19-,20+,22+,23+,24+/m1/s1. The molecule has 0 radical (unpaired) electrons. The van der Waals surface area contributed by atoms with Crippen molar-refractivity contribution in [2.24, 2.45) is 28.6 Å². The van der Waals surface area contributed by atoms with Crippen LogP contribution >= 0.6 is 0 Å². The van der Waals surface area contributed by atoms with Crippen LogP contribution in [0.25, 0.3) is 0 Å². The number of carboxylic acids is 1. The van der Waals surface area contributed by atoms with Gasteiger partial charge in [-0.3, -0.25) is 4.79 Å². The van der Waals surface area contributed by atoms with Crippen molar-refractivity contribution >= 4 is 5.97 Å². The highest BCUT2D eigenvalue weighted by atomic mass is 17.2. The molecule has 28 heavy (non-hydrogen) atoms. The normalized spacial score (nSPS) is 45.3. The van der Waals surface area contributed by atoms with Gasteiger partial charge in [-0.2, -0.15) is 0 Å². The fraction of sp³-hybridized carbons (Fsp3) is 0.875. The minimum atomic E-state index is -0.822. The summed E-state index contributed by atoms with van der Waals surface area (Å²) in [5, 5.41) is 9.21. The molecule has 3 fully saturated rings. The molecule has 7 atom stereocenters. The van der Waals surface area contributed by atoms with Crippen molar-refractivity contribution in [3.05, 3.63) is 12.2 Å². The van der Waals surface area contributed by atoms with Gasteiger partial charge in [-0.1, -0.05) is 32.9 Å². The zero-order chi connectivity index (χ0) is 20.7. The second-order valence-electron chi connectivity index (χ2n) is 10.7. The van der Waals surface area contributed by atoms with E-state index < -0.39 is 11.9 Å². The lowest BCUT2D eigenvalue weighted by molar-refractivity contribution is -0.412. The lowest BCUT2D eigenvalue weighted by Gasteiger charge is -2.59. The zero-order valence-electron chi connectivity index (χ0n) is 18.6. The quantitative estimate of drug-likeness (QED) is 0.450. The van der Waals surface area contributed by atoms with Crippen molar-refractivity contribution in [2.45, 2.75) is 104 Å². The largest absolute Gasteiger partial charge is 0.481 e. The number of allylic oxidation sites excluding steroid dienone is 1. The van der Waals surface area contributed by atoms with Gasteiger partial charge in [0, 0.05) is 0 Å². The summed E-state index contributed by atoms with van der Waals surface area (Å²) in [5.74, 6) is 0.0363. The Morgan fingerprint density at radius 3 is 2.54 bits per heavy atom. The molecule has 3 rings (SSSR count). The van der Waals surface area contributed by atoms with E-state index in [-0.39, 0.29) is 22.5 Å². The molecular weight excluding hydrogens is 352 g/mol. The van der Waals surface area contributed by atoms with Gasteiger partial charge in [-0.25, -0.2) is 9.78 Å². The summed E-state index contributed by atoms with van der Waals surface area (Å²) < 4.78 is 0. The van der Waals surface area contributed by atoms with Gasteiger partial charge in [0.1, 0.15) is 11.7 Å². The van der Waals surface area contributed by atoms with E-state index in [4.69, 9.17) is 9.78 Å². The van der Waals surface area contributed by atoms with Gasteiger partial charge in [-0.15, -0.1) is 0 Å². The molecule has 2 aliphatic carbocycles. The first kappa shape index (κ1) is 21.8. The Morgan fingerprint density at radius 1 is 1.21 bits per heavy atom. The summed E-state index contributed by atoms with van der Waals surface area (Å²) in [7, 11) is 0. The van der Waals surface area contributed by atoms with Crippen LogP contribution in [0.4, 0.5) is 0 Å². The van der Waals surface area contributed by atoms with Crippen LogP contribution in [0.3, 0.4) is 0 Å². The molecule has 1 N–H and O–H groups in total. The van der Waals surface area contributed by atoms with E-state index in [1.165, 1.54) is 37.7 Å². The molecule has 1 saturated heterocycles. The van der Waals surface area contributed by atoms with Crippen molar-refractivity contribution < 1.29 is 19.7 Å². The Bertz CT molecular complexity index is 606. The Kier molecular flexibility index (Phi) is 6.05. The highest BCUT2D eigenvalue weighted by Crippen LogP contribution is 2.63. The van der Waals surface area contributed by atoms with Crippen LogP contribution in [0.1, 0.15) is 92.4 Å². The maximum atomic E-state index is 11.2. The van der Waals surface area contributed by atoms with Crippen molar-refractivity contribution in [3.63, 3.8) is 0 Å². The van der Waals surface area contributed by atoms with Crippen molar-refractivity contribution in [1.29, 1.82) is 0 Å². The van der Waals surface area contributed by atoms with Gasteiger partial charge >= 0.3 is 5.97 Å². The maximum Gasteiger partial charge on any atom is 0.308 e. The number of carbonyl (C=O) groups is 1. The molecular formula is C24H40O4.